The van der Waals surface area contributed by atoms with Gasteiger partial charge in [0.05, 0.1) is 16.3 Å². The second-order valence-corrected chi connectivity index (χ2v) is 5.21. The predicted molar refractivity (Wildman–Crippen MR) is 79.1 cm³/mol. The summed E-state index contributed by atoms with van der Waals surface area (Å²) >= 11 is 9.32. The zero-order chi connectivity index (χ0) is 13.8. The van der Waals surface area contributed by atoms with Gasteiger partial charge in [0, 0.05) is 4.47 Å². The fourth-order valence-electron chi connectivity index (χ4n) is 1.56. The van der Waals surface area contributed by atoms with Crippen LogP contribution < -0.4 is 5.73 Å². The van der Waals surface area contributed by atoms with Crippen molar-refractivity contribution >= 4 is 39.2 Å². The molecule has 19 heavy (non-hydrogen) atoms. The molecule has 2 rings (SSSR count). The van der Waals surface area contributed by atoms with Crippen LogP contribution in [0.2, 0.25) is 5.02 Å². The number of ether oxygens (including phenoxy) is 1. The number of carbonyl (C=O) groups is 1. The highest BCUT2D eigenvalue weighted by Gasteiger charge is 2.13. The van der Waals surface area contributed by atoms with E-state index in [2.05, 4.69) is 15.9 Å². The van der Waals surface area contributed by atoms with Crippen molar-refractivity contribution in [1.29, 1.82) is 0 Å². The fourth-order valence-corrected chi connectivity index (χ4v) is 2.21. The van der Waals surface area contributed by atoms with Gasteiger partial charge in [-0.05, 0) is 29.8 Å². The van der Waals surface area contributed by atoms with Gasteiger partial charge in [-0.3, -0.25) is 0 Å². The van der Waals surface area contributed by atoms with E-state index in [4.69, 9.17) is 22.1 Å². The first kappa shape index (κ1) is 13.9. The summed E-state index contributed by atoms with van der Waals surface area (Å²) < 4.78 is 6.14. The number of carbonyl (C=O) groups excluding carboxylic acids is 1. The predicted octanol–water partition coefficient (Wildman–Crippen LogP) is 4.04. The first-order valence-electron chi connectivity index (χ1n) is 5.53. The Morgan fingerprint density at radius 2 is 2.00 bits per heavy atom. The highest BCUT2D eigenvalue weighted by atomic mass is 79.9. The van der Waals surface area contributed by atoms with Crippen molar-refractivity contribution in [3.63, 3.8) is 0 Å². The number of anilines is 1. The van der Waals surface area contributed by atoms with Crippen LogP contribution in [0, 0.1) is 0 Å². The molecule has 0 radical (unpaired) electrons. The summed E-state index contributed by atoms with van der Waals surface area (Å²) in [6.45, 7) is 0.184. The Labute approximate surface area is 124 Å². The topological polar surface area (TPSA) is 52.3 Å². The molecule has 0 spiro atoms. The van der Waals surface area contributed by atoms with Crippen LogP contribution in [0.15, 0.2) is 46.9 Å². The van der Waals surface area contributed by atoms with Crippen LogP contribution in [0.4, 0.5) is 5.69 Å². The highest BCUT2D eigenvalue weighted by Crippen LogP contribution is 2.24. The zero-order valence-corrected chi connectivity index (χ0v) is 12.2. The van der Waals surface area contributed by atoms with Crippen LogP contribution >= 0.6 is 27.5 Å². The molecule has 0 saturated carbocycles. The van der Waals surface area contributed by atoms with Gasteiger partial charge in [0.2, 0.25) is 0 Å². The Morgan fingerprint density at radius 1 is 1.26 bits per heavy atom. The molecule has 0 heterocycles. The number of hydrogen-bond acceptors (Lipinski definition) is 3. The van der Waals surface area contributed by atoms with Crippen molar-refractivity contribution < 1.29 is 9.53 Å². The van der Waals surface area contributed by atoms with Gasteiger partial charge in [-0.1, -0.05) is 45.7 Å². The second kappa shape index (κ2) is 6.08. The molecule has 0 unspecified atom stereocenters. The van der Waals surface area contributed by atoms with Gasteiger partial charge < -0.3 is 10.5 Å². The summed E-state index contributed by atoms with van der Waals surface area (Å²) in [5.74, 6) is -0.489. The van der Waals surface area contributed by atoms with E-state index in [9.17, 15) is 4.79 Å². The van der Waals surface area contributed by atoms with Crippen LogP contribution in [0.1, 0.15) is 15.9 Å². The van der Waals surface area contributed by atoms with E-state index in [1.54, 1.807) is 18.2 Å². The number of hydrogen-bond donors (Lipinski definition) is 1. The van der Waals surface area contributed by atoms with E-state index in [0.717, 1.165) is 10.0 Å². The number of rotatable bonds is 3. The minimum absolute atomic E-state index is 0.184. The number of nitrogens with two attached hydrogens (primary N) is 1. The molecular formula is C14H11BrClNO2. The van der Waals surface area contributed by atoms with Gasteiger partial charge >= 0.3 is 5.97 Å². The summed E-state index contributed by atoms with van der Waals surface area (Å²) in [6.07, 6.45) is 0. The van der Waals surface area contributed by atoms with Crippen molar-refractivity contribution in [3.05, 3.63) is 63.1 Å². The van der Waals surface area contributed by atoms with E-state index in [1.165, 1.54) is 0 Å². The quantitative estimate of drug-likeness (QED) is 0.677. The molecule has 0 bridgehead atoms. The van der Waals surface area contributed by atoms with Crippen LogP contribution in [0.25, 0.3) is 0 Å². The Hall–Kier alpha value is -1.52. The van der Waals surface area contributed by atoms with Gasteiger partial charge in [-0.2, -0.15) is 0 Å². The van der Waals surface area contributed by atoms with Crippen LogP contribution in [0.5, 0.6) is 0 Å². The van der Waals surface area contributed by atoms with Crippen LogP contribution in [0.3, 0.4) is 0 Å². The summed E-state index contributed by atoms with van der Waals surface area (Å²) in [6, 6.07) is 12.4. The van der Waals surface area contributed by atoms with E-state index in [1.807, 2.05) is 24.3 Å². The lowest BCUT2D eigenvalue weighted by atomic mass is 10.2. The summed E-state index contributed by atoms with van der Waals surface area (Å²) in [7, 11) is 0. The molecule has 0 amide bonds. The lowest BCUT2D eigenvalue weighted by Crippen LogP contribution is -2.07. The molecule has 0 fully saturated rings. The number of benzene rings is 2. The van der Waals surface area contributed by atoms with Gasteiger partial charge in [-0.25, -0.2) is 4.79 Å². The van der Waals surface area contributed by atoms with Gasteiger partial charge in [0.15, 0.2) is 0 Å². The second-order valence-electron chi connectivity index (χ2n) is 3.91. The fraction of sp³-hybridized carbons (Fsp3) is 0.0714. The molecule has 0 aliphatic carbocycles. The Morgan fingerprint density at radius 3 is 2.74 bits per heavy atom. The monoisotopic (exact) mass is 339 g/mol. The summed E-state index contributed by atoms with van der Waals surface area (Å²) in [5, 5.41) is 0.224. The van der Waals surface area contributed by atoms with Crippen molar-refractivity contribution in [1.82, 2.24) is 0 Å². The average Bonchev–Trinajstić information content (AvgIpc) is 2.39. The van der Waals surface area contributed by atoms with Crippen LogP contribution in [-0.2, 0) is 11.3 Å². The maximum absolute atomic E-state index is 11.9. The Bertz CT molecular complexity index is 616. The maximum atomic E-state index is 11.9. The SMILES string of the molecule is Nc1cccc(C(=O)OCc2cccc(Br)c2)c1Cl. The minimum atomic E-state index is -0.489. The summed E-state index contributed by atoms with van der Waals surface area (Å²) in [5.41, 5.74) is 7.17. The molecule has 2 aromatic carbocycles. The molecule has 0 atom stereocenters. The molecule has 0 aliphatic rings. The molecule has 98 valence electrons. The number of nitrogen functional groups attached to an aromatic ring is 1. The lowest BCUT2D eigenvalue weighted by Gasteiger charge is -2.07. The zero-order valence-electron chi connectivity index (χ0n) is 9.90. The molecule has 5 heteroatoms. The Kier molecular flexibility index (Phi) is 4.45. The smallest absolute Gasteiger partial charge is 0.340 e. The highest BCUT2D eigenvalue weighted by molar-refractivity contribution is 9.10. The standard InChI is InChI=1S/C14H11BrClNO2/c15-10-4-1-3-9(7-10)8-19-14(18)11-5-2-6-12(17)13(11)16/h1-7H,8,17H2. The molecule has 3 nitrogen and oxygen atoms in total. The number of esters is 1. The molecule has 2 N–H and O–H groups in total. The van der Waals surface area contributed by atoms with Gasteiger partial charge in [0.1, 0.15) is 6.61 Å². The third-order valence-electron chi connectivity index (χ3n) is 2.51. The molecule has 2 aromatic rings. The third-order valence-corrected chi connectivity index (χ3v) is 3.42. The van der Waals surface area contributed by atoms with Crippen LogP contribution in [-0.4, -0.2) is 5.97 Å². The van der Waals surface area contributed by atoms with E-state index in [0.29, 0.717) is 5.69 Å². The summed E-state index contributed by atoms with van der Waals surface area (Å²) in [4.78, 5) is 11.9. The van der Waals surface area contributed by atoms with Crippen molar-refractivity contribution in [3.8, 4) is 0 Å². The maximum Gasteiger partial charge on any atom is 0.340 e. The molecule has 0 aliphatic heterocycles. The average molecular weight is 341 g/mol. The molecule has 0 saturated heterocycles. The normalized spacial score (nSPS) is 10.2. The van der Waals surface area contributed by atoms with E-state index >= 15 is 0 Å². The van der Waals surface area contributed by atoms with Gasteiger partial charge in [-0.15, -0.1) is 0 Å². The lowest BCUT2D eigenvalue weighted by molar-refractivity contribution is 0.0473. The van der Waals surface area contributed by atoms with Gasteiger partial charge in [0.25, 0.3) is 0 Å². The van der Waals surface area contributed by atoms with Crippen molar-refractivity contribution in [2.75, 3.05) is 5.73 Å². The first-order chi connectivity index (χ1) is 9.08. The minimum Gasteiger partial charge on any atom is -0.457 e. The van der Waals surface area contributed by atoms with E-state index in [-0.39, 0.29) is 17.2 Å². The third kappa shape index (κ3) is 3.49. The van der Waals surface area contributed by atoms with Crippen molar-refractivity contribution in [2.45, 2.75) is 6.61 Å². The van der Waals surface area contributed by atoms with Crippen molar-refractivity contribution in [2.24, 2.45) is 0 Å². The number of halogens is 2. The Balaban J connectivity index is 2.08. The largest absolute Gasteiger partial charge is 0.457 e. The molecular weight excluding hydrogens is 330 g/mol. The molecule has 0 aromatic heterocycles. The van der Waals surface area contributed by atoms with E-state index < -0.39 is 5.97 Å². The first-order valence-corrected chi connectivity index (χ1v) is 6.70.